The molecule has 0 saturated carbocycles. The summed E-state index contributed by atoms with van der Waals surface area (Å²) in [5, 5.41) is 2.77. The molecule has 2 aromatic rings. The van der Waals surface area contributed by atoms with Crippen molar-refractivity contribution in [3.05, 3.63) is 53.6 Å². The Morgan fingerprint density at radius 2 is 1.67 bits per heavy atom. The smallest absolute Gasteiger partial charge is 0.329 e. The highest BCUT2D eigenvalue weighted by molar-refractivity contribution is 5.99. The molecule has 0 aliphatic carbocycles. The molecule has 0 unspecified atom stereocenters. The number of hydrogen-bond acceptors (Lipinski definition) is 6. The highest BCUT2D eigenvalue weighted by Crippen LogP contribution is 2.31. The zero-order valence-electron chi connectivity index (χ0n) is 18.1. The van der Waals surface area contributed by atoms with Crippen LogP contribution in [0.4, 0.5) is 0 Å². The predicted molar refractivity (Wildman–Crippen MR) is 113 cm³/mol. The van der Waals surface area contributed by atoms with Crippen LogP contribution in [0.3, 0.4) is 0 Å². The monoisotopic (exact) mass is 415 g/mol. The zero-order valence-corrected chi connectivity index (χ0v) is 18.1. The van der Waals surface area contributed by atoms with Gasteiger partial charge in [-0.2, -0.15) is 0 Å². The van der Waals surface area contributed by atoms with E-state index in [1.807, 2.05) is 20.8 Å². The van der Waals surface area contributed by atoms with Gasteiger partial charge < -0.3 is 24.3 Å². The number of hydrogen-bond donors (Lipinski definition) is 1. The Kier molecular flexibility index (Phi) is 8.53. The van der Waals surface area contributed by atoms with E-state index in [9.17, 15) is 9.59 Å². The fraction of sp³-hybridized carbons (Fsp3) is 0.391. The number of ether oxygens (including phenoxy) is 4. The minimum Gasteiger partial charge on any atom is -0.493 e. The second-order valence-electron chi connectivity index (χ2n) is 6.88. The molecule has 2 rings (SSSR count). The Morgan fingerprint density at radius 3 is 2.30 bits per heavy atom. The van der Waals surface area contributed by atoms with Crippen molar-refractivity contribution in [2.75, 3.05) is 20.8 Å². The van der Waals surface area contributed by atoms with Gasteiger partial charge in [-0.3, -0.25) is 4.79 Å². The molecule has 0 aromatic heterocycles. The second kappa shape index (κ2) is 11.1. The van der Waals surface area contributed by atoms with Gasteiger partial charge in [0, 0.05) is 5.56 Å². The lowest BCUT2D eigenvalue weighted by molar-refractivity contribution is -0.148. The van der Waals surface area contributed by atoms with Crippen LogP contribution in [-0.2, 0) is 16.1 Å². The van der Waals surface area contributed by atoms with Gasteiger partial charge in [0.25, 0.3) is 5.91 Å². The lowest BCUT2D eigenvalue weighted by atomic mass is 10.0. The fourth-order valence-corrected chi connectivity index (χ4v) is 2.96. The number of methoxy groups -OCH3 is 2. The number of carbonyl (C=O) groups is 2. The SMILES string of the molecule is CCOc1ccccc1C(=O)N[C@H](C(=O)OCc1cccc(OC)c1OC)C(C)C. The first-order valence-corrected chi connectivity index (χ1v) is 9.82. The van der Waals surface area contributed by atoms with Crippen molar-refractivity contribution in [3.63, 3.8) is 0 Å². The Hall–Kier alpha value is -3.22. The minimum atomic E-state index is -0.816. The maximum absolute atomic E-state index is 12.8. The van der Waals surface area contributed by atoms with Crippen LogP contribution in [0.1, 0.15) is 36.7 Å². The van der Waals surface area contributed by atoms with Crippen LogP contribution in [0.5, 0.6) is 17.2 Å². The lowest BCUT2D eigenvalue weighted by Gasteiger charge is -2.22. The third kappa shape index (κ3) is 5.65. The van der Waals surface area contributed by atoms with Gasteiger partial charge in [0.2, 0.25) is 0 Å². The zero-order chi connectivity index (χ0) is 22.1. The molecule has 2 aromatic carbocycles. The molecule has 1 N–H and O–H groups in total. The van der Waals surface area contributed by atoms with Crippen molar-refractivity contribution < 1.29 is 28.5 Å². The highest BCUT2D eigenvalue weighted by atomic mass is 16.5. The molecular formula is C23H29NO6. The maximum Gasteiger partial charge on any atom is 0.329 e. The number of esters is 1. The summed E-state index contributed by atoms with van der Waals surface area (Å²) in [4.78, 5) is 25.5. The van der Waals surface area contributed by atoms with Crippen molar-refractivity contribution in [2.24, 2.45) is 5.92 Å². The second-order valence-corrected chi connectivity index (χ2v) is 6.88. The van der Waals surface area contributed by atoms with Crippen molar-refractivity contribution in [3.8, 4) is 17.2 Å². The molecule has 0 fully saturated rings. The first-order chi connectivity index (χ1) is 14.4. The summed E-state index contributed by atoms with van der Waals surface area (Å²) in [6.45, 7) is 5.95. The van der Waals surface area contributed by atoms with Crippen LogP contribution in [0.15, 0.2) is 42.5 Å². The summed E-state index contributed by atoms with van der Waals surface area (Å²) in [5.41, 5.74) is 1.04. The highest BCUT2D eigenvalue weighted by Gasteiger charge is 2.27. The van der Waals surface area contributed by atoms with E-state index < -0.39 is 17.9 Å². The van der Waals surface area contributed by atoms with E-state index in [0.717, 1.165) is 0 Å². The van der Waals surface area contributed by atoms with E-state index in [1.165, 1.54) is 14.2 Å². The van der Waals surface area contributed by atoms with Crippen LogP contribution >= 0.6 is 0 Å². The van der Waals surface area contributed by atoms with E-state index in [2.05, 4.69) is 5.32 Å². The van der Waals surface area contributed by atoms with E-state index >= 15 is 0 Å². The Balaban J connectivity index is 2.12. The third-order valence-electron chi connectivity index (χ3n) is 4.49. The molecular weight excluding hydrogens is 386 g/mol. The Bertz CT molecular complexity index is 865. The first-order valence-electron chi connectivity index (χ1n) is 9.82. The molecule has 0 heterocycles. The largest absolute Gasteiger partial charge is 0.493 e. The summed E-state index contributed by atoms with van der Waals surface area (Å²) >= 11 is 0. The van der Waals surface area contributed by atoms with Crippen molar-refractivity contribution in [1.82, 2.24) is 5.32 Å². The average Bonchev–Trinajstić information content (AvgIpc) is 2.75. The fourth-order valence-electron chi connectivity index (χ4n) is 2.96. The third-order valence-corrected chi connectivity index (χ3v) is 4.49. The predicted octanol–water partition coefficient (Wildman–Crippen LogP) is 3.60. The first kappa shape index (κ1) is 23.1. The maximum atomic E-state index is 12.8. The molecule has 7 heteroatoms. The molecule has 0 bridgehead atoms. The quantitative estimate of drug-likeness (QED) is 0.597. The van der Waals surface area contributed by atoms with E-state index in [1.54, 1.807) is 42.5 Å². The number of rotatable bonds is 10. The molecule has 0 saturated heterocycles. The van der Waals surface area contributed by atoms with Gasteiger partial charge in [0.15, 0.2) is 11.5 Å². The van der Waals surface area contributed by atoms with Crippen molar-refractivity contribution >= 4 is 11.9 Å². The molecule has 1 amide bonds. The van der Waals surface area contributed by atoms with Crippen LogP contribution in [-0.4, -0.2) is 38.7 Å². The van der Waals surface area contributed by atoms with Crippen molar-refractivity contribution in [1.29, 1.82) is 0 Å². The molecule has 7 nitrogen and oxygen atoms in total. The number of nitrogens with one attached hydrogen (secondary N) is 1. The van der Waals surface area contributed by atoms with Gasteiger partial charge in [-0.25, -0.2) is 4.79 Å². The summed E-state index contributed by atoms with van der Waals surface area (Å²) in [5.74, 6) is 0.420. The molecule has 162 valence electrons. The number of carbonyl (C=O) groups excluding carboxylic acids is 2. The molecule has 0 aliphatic rings. The van der Waals surface area contributed by atoms with Gasteiger partial charge in [0.1, 0.15) is 18.4 Å². The van der Waals surface area contributed by atoms with Gasteiger partial charge in [-0.05, 0) is 31.0 Å². The van der Waals surface area contributed by atoms with Gasteiger partial charge in [-0.1, -0.05) is 38.1 Å². The average molecular weight is 415 g/mol. The Labute approximate surface area is 177 Å². The summed E-state index contributed by atoms with van der Waals surface area (Å²) in [6.07, 6.45) is 0. The minimum absolute atomic E-state index is 0.00612. The number of para-hydroxylation sites is 2. The number of amides is 1. The van der Waals surface area contributed by atoms with Crippen LogP contribution in [0.2, 0.25) is 0 Å². The van der Waals surface area contributed by atoms with Crippen LogP contribution < -0.4 is 19.5 Å². The lowest BCUT2D eigenvalue weighted by Crippen LogP contribution is -2.45. The standard InChI is InChI=1S/C23H29NO6/c1-6-29-18-12-8-7-11-17(18)22(25)24-20(15(2)3)23(26)30-14-16-10-9-13-19(27-4)21(16)28-5/h7-13,15,20H,6,14H2,1-5H3,(H,24,25)/t20-/m0/s1. The van der Waals surface area contributed by atoms with Crippen LogP contribution in [0, 0.1) is 5.92 Å². The summed E-state index contributed by atoms with van der Waals surface area (Å²) in [7, 11) is 3.06. The van der Waals surface area contributed by atoms with E-state index in [-0.39, 0.29) is 12.5 Å². The Morgan fingerprint density at radius 1 is 0.967 bits per heavy atom. The summed E-state index contributed by atoms with van der Waals surface area (Å²) in [6, 6.07) is 11.4. The molecule has 0 radical (unpaired) electrons. The summed E-state index contributed by atoms with van der Waals surface area (Å²) < 4.78 is 21.6. The van der Waals surface area contributed by atoms with E-state index in [4.69, 9.17) is 18.9 Å². The molecule has 0 spiro atoms. The van der Waals surface area contributed by atoms with Gasteiger partial charge >= 0.3 is 5.97 Å². The van der Waals surface area contributed by atoms with E-state index in [0.29, 0.717) is 35.0 Å². The normalized spacial score (nSPS) is 11.5. The topological polar surface area (TPSA) is 83.1 Å². The molecule has 0 aliphatic heterocycles. The number of benzene rings is 2. The molecule has 30 heavy (non-hydrogen) atoms. The van der Waals surface area contributed by atoms with Crippen LogP contribution in [0.25, 0.3) is 0 Å². The van der Waals surface area contributed by atoms with Crippen molar-refractivity contribution in [2.45, 2.75) is 33.4 Å². The molecule has 1 atom stereocenters. The van der Waals surface area contributed by atoms with Gasteiger partial charge in [-0.15, -0.1) is 0 Å². The van der Waals surface area contributed by atoms with Gasteiger partial charge in [0.05, 0.1) is 26.4 Å².